The van der Waals surface area contributed by atoms with E-state index in [1.165, 1.54) is 12.1 Å². The van der Waals surface area contributed by atoms with E-state index in [2.05, 4.69) is 11.9 Å². The minimum Gasteiger partial charge on any atom is -0.399 e. The van der Waals surface area contributed by atoms with Crippen molar-refractivity contribution in [2.75, 3.05) is 11.1 Å². The molecule has 0 aliphatic heterocycles. The van der Waals surface area contributed by atoms with Crippen molar-refractivity contribution in [1.29, 1.82) is 0 Å². The molecule has 0 aliphatic carbocycles. The van der Waals surface area contributed by atoms with Crippen LogP contribution in [-0.2, 0) is 0 Å². The molecule has 3 N–H and O–H groups in total. The number of rotatable bonds is 3. The van der Waals surface area contributed by atoms with Crippen molar-refractivity contribution in [2.24, 2.45) is 0 Å². The predicted octanol–water partition coefficient (Wildman–Crippen LogP) is 3.49. The monoisotopic (exact) mass is 228 g/mol. The predicted molar refractivity (Wildman–Crippen MR) is 69.9 cm³/mol. The van der Waals surface area contributed by atoms with Gasteiger partial charge in [0.05, 0.1) is 0 Å². The zero-order valence-electron chi connectivity index (χ0n) is 9.28. The number of benzene rings is 2. The lowest BCUT2D eigenvalue weighted by atomic mass is 10.1. The molecule has 0 fully saturated rings. The van der Waals surface area contributed by atoms with Gasteiger partial charge in [-0.15, -0.1) is 0 Å². The van der Waals surface area contributed by atoms with Crippen LogP contribution in [0.5, 0.6) is 0 Å². The van der Waals surface area contributed by atoms with E-state index >= 15 is 0 Å². The number of nitrogens with two attached hydrogens (primary N) is 1. The smallest absolute Gasteiger partial charge is 0.123 e. The molecule has 2 aromatic carbocycles. The van der Waals surface area contributed by atoms with E-state index in [9.17, 15) is 4.39 Å². The molecule has 0 heterocycles. The lowest BCUT2D eigenvalue weighted by Crippen LogP contribution is -1.98. The Morgan fingerprint density at radius 3 is 2.59 bits per heavy atom. The Kier molecular flexibility index (Phi) is 3.10. The summed E-state index contributed by atoms with van der Waals surface area (Å²) in [5, 5.41) is 3.09. The van der Waals surface area contributed by atoms with E-state index in [4.69, 9.17) is 5.73 Å². The Labute approximate surface area is 99.6 Å². The maximum atomic E-state index is 13.0. The van der Waals surface area contributed by atoms with Crippen LogP contribution in [0.3, 0.4) is 0 Å². The summed E-state index contributed by atoms with van der Waals surface area (Å²) in [4.78, 5) is 0. The Bertz CT molecular complexity index is 549. The fourth-order valence-electron chi connectivity index (χ4n) is 1.54. The molecule has 0 saturated carbocycles. The highest BCUT2D eigenvalue weighted by molar-refractivity contribution is 5.76. The summed E-state index contributed by atoms with van der Waals surface area (Å²) in [6.45, 7) is 3.87. The average molecular weight is 228 g/mol. The summed E-state index contributed by atoms with van der Waals surface area (Å²) < 4.78 is 13.0. The summed E-state index contributed by atoms with van der Waals surface area (Å²) in [5.74, 6) is -0.280. The minimum atomic E-state index is -0.280. The van der Waals surface area contributed by atoms with E-state index in [0.717, 1.165) is 5.69 Å². The van der Waals surface area contributed by atoms with Gasteiger partial charge >= 0.3 is 0 Å². The van der Waals surface area contributed by atoms with Gasteiger partial charge in [0, 0.05) is 22.6 Å². The van der Waals surface area contributed by atoms with Crippen molar-refractivity contribution >= 4 is 17.1 Å². The van der Waals surface area contributed by atoms with Crippen LogP contribution in [0.2, 0.25) is 0 Å². The van der Waals surface area contributed by atoms with Gasteiger partial charge in [-0.05, 0) is 30.3 Å². The van der Waals surface area contributed by atoms with E-state index in [1.54, 1.807) is 24.3 Å². The molecule has 17 heavy (non-hydrogen) atoms. The molecule has 86 valence electrons. The van der Waals surface area contributed by atoms with E-state index in [-0.39, 0.29) is 5.82 Å². The fraction of sp³-hybridized carbons (Fsp3) is 0. The molecule has 2 aromatic rings. The van der Waals surface area contributed by atoms with E-state index < -0.39 is 0 Å². The molecule has 0 bridgehead atoms. The van der Waals surface area contributed by atoms with Gasteiger partial charge in [-0.1, -0.05) is 24.8 Å². The van der Waals surface area contributed by atoms with Gasteiger partial charge < -0.3 is 11.1 Å². The molecule has 0 spiro atoms. The van der Waals surface area contributed by atoms with Crippen LogP contribution < -0.4 is 11.1 Å². The van der Waals surface area contributed by atoms with Gasteiger partial charge in [0.15, 0.2) is 0 Å². The number of halogens is 1. The highest BCUT2D eigenvalue weighted by Crippen LogP contribution is 2.19. The molecule has 3 heteroatoms. The second-order valence-electron chi connectivity index (χ2n) is 3.74. The van der Waals surface area contributed by atoms with Crippen molar-refractivity contribution in [3.63, 3.8) is 0 Å². The Morgan fingerprint density at radius 2 is 1.88 bits per heavy atom. The Hall–Kier alpha value is -2.29. The SMILES string of the molecule is C=C(Nc1cccc(N)c1)c1cccc(F)c1. The molecule has 0 atom stereocenters. The van der Waals surface area contributed by atoms with Gasteiger partial charge in [-0.25, -0.2) is 4.39 Å². The number of nitrogen functional groups attached to an aromatic ring is 1. The lowest BCUT2D eigenvalue weighted by molar-refractivity contribution is 0.627. The quantitative estimate of drug-likeness (QED) is 0.789. The van der Waals surface area contributed by atoms with E-state index in [1.807, 2.05) is 12.1 Å². The number of hydrogen-bond donors (Lipinski definition) is 2. The molecule has 0 unspecified atom stereocenters. The fourth-order valence-corrected chi connectivity index (χ4v) is 1.54. The lowest BCUT2D eigenvalue weighted by Gasteiger charge is -2.10. The van der Waals surface area contributed by atoms with Gasteiger partial charge in [0.25, 0.3) is 0 Å². The topological polar surface area (TPSA) is 38.0 Å². The molecule has 0 aromatic heterocycles. The van der Waals surface area contributed by atoms with Crippen molar-refractivity contribution in [1.82, 2.24) is 0 Å². The highest BCUT2D eigenvalue weighted by Gasteiger charge is 2.01. The first kappa shape index (κ1) is 11.2. The highest BCUT2D eigenvalue weighted by atomic mass is 19.1. The standard InChI is InChI=1S/C14H13FN2/c1-10(11-4-2-5-12(15)8-11)17-14-7-3-6-13(16)9-14/h2-9,17H,1,16H2. The second-order valence-corrected chi connectivity index (χ2v) is 3.74. The molecule has 0 saturated heterocycles. The summed E-state index contributed by atoms with van der Waals surface area (Å²) in [5.41, 5.74) is 8.52. The normalized spacial score (nSPS) is 9.94. The van der Waals surface area contributed by atoms with Gasteiger partial charge in [-0.2, -0.15) is 0 Å². The van der Waals surface area contributed by atoms with Gasteiger partial charge in [0.2, 0.25) is 0 Å². The minimum absolute atomic E-state index is 0.280. The molecular weight excluding hydrogens is 215 g/mol. The van der Waals surface area contributed by atoms with Crippen LogP contribution in [0.1, 0.15) is 5.56 Å². The number of hydrogen-bond acceptors (Lipinski definition) is 2. The van der Waals surface area contributed by atoms with Crippen LogP contribution in [0.25, 0.3) is 5.70 Å². The van der Waals surface area contributed by atoms with Crippen molar-refractivity contribution in [3.05, 3.63) is 66.5 Å². The molecule has 0 aliphatic rings. The molecule has 0 amide bonds. The van der Waals surface area contributed by atoms with E-state index in [0.29, 0.717) is 16.9 Å². The first-order chi connectivity index (χ1) is 8.15. The maximum absolute atomic E-state index is 13.0. The zero-order chi connectivity index (χ0) is 12.3. The second kappa shape index (κ2) is 4.70. The Balaban J connectivity index is 2.17. The number of nitrogens with one attached hydrogen (secondary N) is 1. The summed E-state index contributed by atoms with van der Waals surface area (Å²) >= 11 is 0. The third kappa shape index (κ3) is 2.84. The van der Waals surface area contributed by atoms with Crippen LogP contribution in [0.4, 0.5) is 15.8 Å². The van der Waals surface area contributed by atoms with Gasteiger partial charge in [-0.3, -0.25) is 0 Å². The summed E-state index contributed by atoms with van der Waals surface area (Å²) in [7, 11) is 0. The van der Waals surface area contributed by atoms with Gasteiger partial charge in [0.1, 0.15) is 5.82 Å². The molecule has 0 radical (unpaired) electrons. The van der Waals surface area contributed by atoms with Crippen LogP contribution in [-0.4, -0.2) is 0 Å². The first-order valence-corrected chi connectivity index (χ1v) is 5.22. The van der Waals surface area contributed by atoms with Crippen LogP contribution in [0.15, 0.2) is 55.1 Å². The zero-order valence-corrected chi connectivity index (χ0v) is 9.28. The molecule has 2 nitrogen and oxygen atoms in total. The Morgan fingerprint density at radius 1 is 1.12 bits per heavy atom. The van der Waals surface area contributed by atoms with Crippen molar-refractivity contribution < 1.29 is 4.39 Å². The third-order valence-electron chi connectivity index (χ3n) is 2.35. The summed E-state index contributed by atoms with van der Waals surface area (Å²) in [6, 6.07) is 13.6. The van der Waals surface area contributed by atoms with Crippen molar-refractivity contribution in [3.8, 4) is 0 Å². The van der Waals surface area contributed by atoms with Crippen LogP contribution >= 0.6 is 0 Å². The molecular formula is C14H13FN2. The van der Waals surface area contributed by atoms with Crippen LogP contribution in [0, 0.1) is 5.82 Å². The first-order valence-electron chi connectivity index (χ1n) is 5.22. The third-order valence-corrected chi connectivity index (χ3v) is 2.35. The summed E-state index contributed by atoms with van der Waals surface area (Å²) in [6.07, 6.45) is 0. The van der Waals surface area contributed by atoms with Crippen molar-refractivity contribution in [2.45, 2.75) is 0 Å². The largest absolute Gasteiger partial charge is 0.399 e. The molecule has 2 rings (SSSR count). The average Bonchev–Trinajstić information content (AvgIpc) is 2.29. The maximum Gasteiger partial charge on any atom is 0.123 e. The number of anilines is 2.